The zero-order valence-corrected chi connectivity index (χ0v) is 13.5. The number of rotatable bonds is 3. The number of benzene rings is 1. The molecule has 0 aliphatic carbocycles. The minimum Gasteiger partial charge on any atom is -0.293 e. The van der Waals surface area contributed by atoms with Crippen molar-refractivity contribution in [3.63, 3.8) is 0 Å². The standard InChI is InChI=1S/C14H15BrN2OS/c1-14(2,3)13-12(19-17-16-13)11(18)8-9-4-6-10(15)7-5-9/h4-7H,8H2,1-3H3. The van der Waals surface area contributed by atoms with Crippen LogP contribution in [0.4, 0.5) is 0 Å². The van der Waals surface area contributed by atoms with E-state index < -0.39 is 0 Å². The van der Waals surface area contributed by atoms with Crippen molar-refractivity contribution < 1.29 is 4.79 Å². The fourth-order valence-electron chi connectivity index (χ4n) is 1.73. The average molecular weight is 339 g/mol. The Morgan fingerprint density at radius 1 is 1.26 bits per heavy atom. The van der Waals surface area contributed by atoms with Crippen LogP contribution in [0.3, 0.4) is 0 Å². The zero-order chi connectivity index (χ0) is 14.0. The molecule has 0 saturated heterocycles. The van der Waals surface area contributed by atoms with Crippen molar-refractivity contribution in [2.45, 2.75) is 32.6 Å². The second-order valence-electron chi connectivity index (χ2n) is 5.43. The van der Waals surface area contributed by atoms with Crippen molar-refractivity contribution in [2.24, 2.45) is 0 Å². The monoisotopic (exact) mass is 338 g/mol. The van der Waals surface area contributed by atoms with Gasteiger partial charge in [0.1, 0.15) is 4.88 Å². The molecular weight excluding hydrogens is 324 g/mol. The van der Waals surface area contributed by atoms with Gasteiger partial charge in [-0.1, -0.05) is 53.3 Å². The molecule has 0 aliphatic rings. The Morgan fingerprint density at radius 3 is 2.47 bits per heavy atom. The van der Waals surface area contributed by atoms with Gasteiger partial charge >= 0.3 is 0 Å². The molecule has 0 fully saturated rings. The van der Waals surface area contributed by atoms with Crippen molar-refractivity contribution in [3.05, 3.63) is 44.9 Å². The number of ketones is 1. The summed E-state index contributed by atoms with van der Waals surface area (Å²) in [6.45, 7) is 6.13. The van der Waals surface area contributed by atoms with Crippen LogP contribution in [0.15, 0.2) is 28.7 Å². The molecule has 100 valence electrons. The van der Waals surface area contributed by atoms with Gasteiger partial charge in [-0.15, -0.1) is 5.10 Å². The first-order valence-corrected chi connectivity index (χ1v) is 7.55. The number of hydrogen-bond acceptors (Lipinski definition) is 4. The maximum Gasteiger partial charge on any atom is 0.180 e. The molecule has 0 N–H and O–H groups in total. The van der Waals surface area contributed by atoms with E-state index in [0.29, 0.717) is 11.3 Å². The summed E-state index contributed by atoms with van der Waals surface area (Å²) in [7, 11) is 0. The Bertz CT molecular complexity index is 584. The lowest BCUT2D eigenvalue weighted by atomic mass is 9.90. The van der Waals surface area contributed by atoms with Crippen molar-refractivity contribution >= 4 is 33.2 Å². The summed E-state index contributed by atoms with van der Waals surface area (Å²) in [5.41, 5.74) is 1.64. The van der Waals surface area contributed by atoms with Gasteiger partial charge in [0.15, 0.2) is 5.78 Å². The van der Waals surface area contributed by atoms with Crippen LogP contribution in [-0.4, -0.2) is 15.4 Å². The van der Waals surface area contributed by atoms with Crippen molar-refractivity contribution in [1.82, 2.24) is 9.59 Å². The Balaban J connectivity index is 2.21. The Morgan fingerprint density at radius 2 is 1.89 bits per heavy atom. The van der Waals surface area contributed by atoms with Crippen LogP contribution >= 0.6 is 27.5 Å². The molecule has 2 rings (SSSR count). The van der Waals surface area contributed by atoms with Gasteiger partial charge < -0.3 is 0 Å². The smallest absolute Gasteiger partial charge is 0.180 e. The van der Waals surface area contributed by atoms with E-state index in [2.05, 4.69) is 25.5 Å². The number of carbonyl (C=O) groups is 1. The molecule has 0 saturated carbocycles. The predicted octanol–water partition coefficient (Wildman–Crippen LogP) is 4.02. The Hall–Kier alpha value is -1.07. The van der Waals surface area contributed by atoms with Crippen LogP contribution in [-0.2, 0) is 11.8 Å². The first kappa shape index (κ1) is 14.3. The highest BCUT2D eigenvalue weighted by Gasteiger charge is 2.26. The number of Topliss-reactive ketones (excluding diaryl/α,β-unsaturated/α-hetero) is 1. The molecule has 0 aliphatic heterocycles. The van der Waals surface area contributed by atoms with E-state index in [0.717, 1.165) is 15.7 Å². The summed E-state index contributed by atoms with van der Waals surface area (Å²) in [5, 5.41) is 4.10. The predicted molar refractivity (Wildman–Crippen MR) is 80.8 cm³/mol. The number of carbonyl (C=O) groups excluding carboxylic acids is 1. The molecule has 0 unspecified atom stereocenters. The minimum atomic E-state index is -0.155. The summed E-state index contributed by atoms with van der Waals surface area (Å²) >= 11 is 4.57. The van der Waals surface area contributed by atoms with Gasteiger partial charge in [0.05, 0.1) is 5.69 Å². The van der Waals surface area contributed by atoms with Gasteiger partial charge in [-0.3, -0.25) is 4.79 Å². The van der Waals surface area contributed by atoms with E-state index in [1.807, 2.05) is 45.0 Å². The average Bonchev–Trinajstić information content (AvgIpc) is 2.81. The van der Waals surface area contributed by atoms with Crippen molar-refractivity contribution in [2.75, 3.05) is 0 Å². The number of hydrogen-bond donors (Lipinski definition) is 0. The van der Waals surface area contributed by atoms with E-state index in [4.69, 9.17) is 0 Å². The van der Waals surface area contributed by atoms with Crippen LogP contribution in [0.2, 0.25) is 0 Å². The first-order chi connectivity index (χ1) is 8.88. The molecule has 1 heterocycles. The summed E-state index contributed by atoms with van der Waals surface area (Å²) in [6, 6.07) is 7.79. The maximum atomic E-state index is 12.3. The molecular formula is C14H15BrN2OS. The fraction of sp³-hybridized carbons (Fsp3) is 0.357. The molecule has 19 heavy (non-hydrogen) atoms. The van der Waals surface area contributed by atoms with Gasteiger partial charge in [0, 0.05) is 16.3 Å². The highest BCUT2D eigenvalue weighted by Crippen LogP contribution is 2.27. The Kier molecular flexibility index (Phi) is 4.16. The molecule has 1 aromatic carbocycles. The van der Waals surface area contributed by atoms with Crippen LogP contribution in [0.25, 0.3) is 0 Å². The lowest BCUT2D eigenvalue weighted by Gasteiger charge is -2.15. The van der Waals surface area contributed by atoms with Crippen molar-refractivity contribution in [3.8, 4) is 0 Å². The second kappa shape index (κ2) is 5.51. The second-order valence-corrected chi connectivity index (χ2v) is 7.10. The maximum absolute atomic E-state index is 12.3. The molecule has 2 aromatic rings. The van der Waals surface area contributed by atoms with Crippen LogP contribution in [0.5, 0.6) is 0 Å². The van der Waals surface area contributed by atoms with Gasteiger partial charge in [-0.2, -0.15) is 0 Å². The number of aromatic nitrogens is 2. The SMILES string of the molecule is CC(C)(C)c1nnsc1C(=O)Cc1ccc(Br)cc1. The number of nitrogens with zero attached hydrogens (tertiary/aromatic N) is 2. The number of halogens is 1. The first-order valence-electron chi connectivity index (χ1n) is 5.98. The molecule has 3 nitrogen and oxygen atoms in total. The van der Waals surface area contributed by atoms with Crippen LogP contribution in [0.1, 0.15) is 41.7 Å². The fourth-order valence-corrected chi connectivity index (χ4v) is 2.81. The molecule has 1 aromatic heterocycles. The van der Waals surface area contributed by atoms with Gasteiger partial charge in [-0.05, 0) is 29.2 Å². The summed E-state index contributed by atoms with van der Waals surface area (Å²) in [6.07, 6.45) is 0.389. The lowest BCUT2D eigenvalue weighted by Crippen LogP contribution is -2.17. The highest BCUT2D eigenvalue weighted by atomic mass is 79.9. The normalized spacial score (nSPS) is 11.6. The molecule has 5 heteroatoms. The van der Waals surface area contributed by atoms with Crippen molar-refractivity contribution in [1.29, 1.82) is 0 Å². The van der Waals surface area contributed by atoms with Gasteiger partial charge in [-0.25, -0.2) is 0 Å². The van der Waals surface area contributed by atoms with E-state index in [1.165, 1.54) is 11.5 Å². The van der Waals surface area contributed by atoms with Crippen LogP contribution < -0.4 is 0 Å². The summed E-state index contributed by atoms with van der Waals surface area (Å²) < 4.78 is 4.94. The third-order valence-electron chi connectivity index (χ3n) is 2.73. The van der Waals surface area contributed by atoms with Gasteiger partial charge in [0.2, 0.25) is 0 Å². The zero-order valence-electron chi connectivity index (χ0n) is 11.1. The van der Waals surface area contributed by atoms with Gasteiger partial charge in [0.25, 0.3) is 0 Å². The molecule has 0 amide bonds. The van der Waals surface area contributed by atoms with E-state index in [-0.39, 0.29) is 11.2 Å². The highest BCUT2D eigenvalue weighted by molar-refractivity contribution is 9.10. The molecule has 0 bridgehead atoms. The summed E-state index contributed by atoms with van der Waals surface area (Å²) in [4.78, 5) is 13.0. The minimum absolute atomic E-state index is 0.0854. The largest absolute Gasteiger partial charge is 0.293 e. The van der Waals surface area contributed by atoms with E-state index in [1.54, 1.807) is 0 Å². The molecule has 0 atom stereocenters. The topological polar surface area (TPSA) is 42.9 Å². The quantitative estimate of drug-likeness (QED) is 0.793. The Labute approximate surface area is 125 Å². The molecule has 0 radical (unpaired) electrons. The van der Waals surface area contributed by atoms with E-state index >= 15 is 0 Å². The van der Waals surface area contributed by atoms with E-state index in [9.17, 15) is 4.79 Å². The summed E-state index contributed by atoms with van der Waals surface area (Å²) in [5.74, 6) is 0.0854. The van der Waals surface area contributed by atoms with Crippen LogP contribution in [0, 0.1) is 0 Å². The lowest BCUT2D eigenvalue weighted by molar-refractivity contribution is 0.0994. The molecule has 0 spiro atoms. The third kappa shape index (κ3) is 3.48. The third-order valence-corrected chi connectivity index (χ3v) is 4.03.